The summed E-state index contributed by atoms with van der Waals surface area (Å²) in [6, 6.07) is 2.27. The first-order chi connectivity index (χ1) is 7.93. The van der Waals surface area contributed by atoms with E-state index in [1.807, 2.05) is 0 Å². The van der Waals surface area contributed by atoms with Crippen molar-refractivity contribution in [1.82, 2.24) is 9.29 Å². The van der Waals surface area contributed by atoms with Gasteiger partial charge in [-0.15, -0.1) is 0 Å². The highest BCUT2D eigenvalue weighted by Gasteiger charge is 2.39. The van der Waals surface area contributed by atoms with Crippen LogP contribution in [-0.2, 0) is 10.0 Å². The van der Waals surface area contributed by atoms with Crippen LogP contribution in [0.4, 0.5) is 4.39 Å². The maximum absolute atomic E-state index is 13.3. The van der Waals surface area contributed by atoms with Crippen LogP contribution in [0.15, 0.2) is 23.4 Å². The van der Waals surface area contributed by atoms with Gasteiger partial charge in [-0.05, 0) is 12.1 Å². The number of aliphatic hydroxyl groups is 2. The molecule has 17 heavy (non-hydrogen) atoms. The molecule has 0 saturated carbocycles. The first-order valence-corrected chi connectivity index (χ1v) is 6.33. The van der Waals surface area contributed by atoms with E-state index < -0.39 is 33.1 Å². The van der Waals surface area contributed by atoms with Crippen LogP contribution >= 0.6 is 0 Å². The van der Waals surface area contributed by atoms with Crippen molar-refractivity contribution in [3.8, 4) is 0 Å². The predicted octanol–water partition coefficient (Wildman–Crippen LogP) is -1.05. The molecule has 1 aromatic heterocycles. The molecule has 1 fully saturated rings. The van der Waals surface area contributed by atoms with Crippen molar-refractivity contribution in [2.24, 2.45) is 0 Å². The van der Waals surface area contributed by atoms with E-state index in [0.29, 0.717) is 0 Å². The van der Waals surface area contributed by atoms with E-state index in [4.69, 9.17) is 0 Å². The molecule has 2 N–H and O–H groups in total. The van der Waals surface area contributed by atoms with Crippen molar-refractivity contribution in [3.05, 3.63) is 24.1 Å². The maximum atomic E-state index is 13.3. The molecule has 2 atom stereocenters. The first-order valence-electron chi connectivity index (χ1n) is 4.89. The van der Waals surface area contributed by atoms with Crippen LogP contribution in [0, 0.1) is 5.82 Å². The summed E-state index contributed by atoms with van der Waals surface area (Å²) < 4.78 is 38.0. The predicted molar refractivity (Wildman–Crippen MR) is 55.0 cm³/mol. The fraction of sp³-hybridized carbons (Fsp3) is 0.444. The quantitative estimate of drug-likeness (QED) is 0.709. The minimum absolute atomic E-state index is 0.264. The van der Waals surface area contributed by atoms with Crippen molar-refractivity contribution in [2.45, 2.75) is 17.2 Å². The number of nitrogens with zero attached hydrogens (tertiary/aromatic N) is 2. The molecule has 1 aliphatic rings. The highest BCUT2D eigenvalue weighted by Crippen LogP contribution is 2.21. The Bertz CT molecular complexity index is 511. The van der Waals surface area contributed by atoms with E-state index in [2.05, 4.69) is 4.98 Å². The summed E-state index contributed by atoms with van der Waals surface area (Å²) in [7, 11) is -4.11. The average molecular weight is 262 g/mol. The van der Waals surface area contributed by atoms with E-state index in [9.17, 15) is 23.0 Å². The molecule has 6 nitrogen and oxygen atoms in total. The van der Waals surface area contributed by atoms with Gasteiger partial charge in [-0.25, -0.2) is 17.8 Å². The van der Waals surface area contributed by atoms with E-state index in [1.54, 1.807) is 0 Å². The number of hydrogen-bond acceptors (Lipinski definition) is 5. The first kappa shape index (κ1) is 12.4. The van der Waals surface area contributed by atoms with Gasteiger partial charge in [0, 0.05) is 19.3 Å². The SMILES string of the molecule is O=S(=O)(c1ncccc1F)N1CC(O)C(O)C1. The van der Waals surface area contributed by atoms with Crippen molar-refractivity contribution in [2.75, 3.05) is 13.1 Å². The molecule has 2 heterocycles. The molecule has 1 aromatic rings. The van der Waals surface area contributed by atoms with E-state index in [1.165, 1.54) is 12.3 Å². The van der Waals surface area contributed by atoms with Gasteiger partial charge in [-0.1, -0.05) is 0 Å². The zero-order valence-corrected chi connectivity index (χ0v) is 9.51. The third-order valence-electron chi connectivity index (χ3n) is 2.53. The number of rotatable bonds is 2. The fourth-order valence-corrected chi connectivity index (χ4v) is 3.07. The van der Waals surface area contributed by atoms with Crippen LogP contribution < -0.4 is 0 Å². The maximum Gasteiger partial charge on any atom is 0.263 e. The fourth-order valence-electron chi connectivity index (χ4n) is 1.61. The Hall–Kier alpha value is -1.09. The van der Waals surface area contributed by atoms with Gasteiger partial charge in [0.05, 0.1) is 12.2 Å². The van der Waals surface area contributed by atoms with Gasteiger partial charge >= 0.3 is 0 Å². The Kier molecular flexibility index (Phi) is 3.13. The zero-order chi connectivity index (χ0) is 12.6. The minimum Gasteiger partial charge on any atom is -0.389 e. The lowest BCUT2D eigenvalue weighted by atomic mass is 10.3. The van der Waals surface area contributed by atoms with Crippen molar-refractivity contribution < 1.29 is 23.0 Å². The van der Waals surface area contributed by atoms with Crippen LogP contribution in [-0.4, -0.2) is 53.2 Å². The molecule has 1 aliphatic heterocycles. The number of halogens is 1. The number of pyridine rings is 1. The third-order valence-corrected chi connectivity index (χ3v) is 4.30. The molecular weight excluding hydrogens is 251 g/mol. The van der Waals surface area contributed by atoms with Gasteiger partial charge in [0.1, 0.15) is 0 Å². The highest BCUT2D eigenvalue weighted by molar-refractivity contribution is 7.89. The Balaban J connectivity index is 2.36. The number of aromatic nitrogens is 1. The zero-order valence-electron chi connectivity index (χ0n) is 8.69. The van der Waals surface area contributed by atoms with Crippen molar-refractivity contribution in [3.63, 3.8) is 0 Å². The largest absolute Gasteiger partial charge is 0.389 e. The second kappa shape index (κ2) is 4.30. The molecule has 0 radical (unpaired) electrons. The lowest BCUT2D eigenvalue weighted by Gasteiger charge is -2.14. The van der Waals surface area contributed by atoms with Gasteiger partial charge < -0.3 is 10.2 Å². The molecule has 2 rings (SSSR count). The topological polar surface area (TPSA) is 90.7 Å². The molecule has 0 spiro atoms. The smallest absolute Gasteiger partial charge is 0.263 e. The van der Waals surface area contributed by atoms with Crippen LogP contribution in [0.25, 0.3) is 0 Å². The number of aliphatic hydroxyl groups excluding tert-OH is 2. The van der Waals surface area contributed by atoms with Crippen molar-refractivity contribution >= 4 is 10.0 Å². The Labute approximate surface area is 97.4 Å². The second-order valence-electron chi connectivity index (χ2n) is 3.75. The van der Waals surface area contributed by atoms with Crippen molar-refractivity contribution in [1.29, 1.82) is 0 Å². The summed E-state index contributed by atoms with van der Waals surface area (Å²) in [5, 5.41) is 17.9. The summed E-state index contributed by atoms with van der Waals surface area (Å²) in [6.45, 7) is -0.529. The van der Waals surface area contributed by atoms with E-state index in [0.717, 1.165) is 10.4 Å². The van der Waals surface area contributed by atoms with Crippen LogP contribution in [0.2, 0.25) is 0 Å². The second-order valence-corrected chi connectivity index (χ2v) is 5.60. The minimum atomic E-state index is -4.11. The van der Waals surface area contributed by atoms with E-state index >= 15 is 0 Å². The molecule has 0 aromatic carbocycles. The molecular formula is C9H11FN2O4S. The summed E-state index contributed by atoms with van der Waals surface area (Å²) in [6.07, 6.45) is -1.15. The average Bonchev–Trinajstić information content (AvgIpc) is 2.60. The molecule has 0 bridgehead atoms. The molecule has 0 aliphatic carbocycles. The van der Waals surface area contributed by atoms with Gasteiger partial charge in [-0.2, -0.15) is 4.31 Å². The van der Waals surface area contributed by atoms with Gasteiger partial charge in [0.25, 0.3) is 10.0 Å². The third kappa shape index (κ3) is 2.16. The Morgan fingerprint density at radius 3 is 2.47 bits per heavy atom. The normalized spacial score (nSPS) is 26.3. The summed E-state index contributed by atoms with van der Waals surface area (Å²) >= 11 is 0. The summed E-state index contributed by atoms with van der Waals surface area (Å²) in [4.78, 5) is 3.48. The van der Waals surface area contributed by atoms with Gasteiger partial charge in [0.2, 0.25) is 5.03 Å². The molecule has 94 valence electrons. The molecule has 2 unspecified atom stereocenters. The molecule has 1 saturated heterocycles. The lowest BCUT2D eigenvalue weighted by Crippen LogP contribution is -2.31. The highest BCUT2D eigenvalue weighted by atomic mass is 32.2. The number of β-amino-alcohol motifs (C(OH)–C–C–N with tert-alkyl or cyclic N) is 2. The van der Waals surface area contributed by atoms with Crippen LogP contribution in [0.1, 0.15) is 0 Å². The van der Waals surface area contributed by atoms with Gasteiger partial charge in [-0.3, -0.25) is 0 Å². The van der Waals surface area contributed by atoms with E-state index in [-0.39, 0.29) is 13.1 Å². The Morgan fingerprint density at radius 1 is 1.35 bits per heavy atom. The summed E-state index contributed by atoms with van der Waals surface area (Å²) in [5.74, 6) is -0.955. The van der Waals surface area contributed by atoms with Gasteiger partial charge in [0.15, 0.2) is 5.82 Å². The standard InChI is InChI=1S/C9H11FN2O4S/c10-6-2-1-3-11-9(6)17(15,16)12-4-7(13)8(14)5-12/h1-3,7-8,13-14H,4-5H2. The molecule has 0 amide bonds. The number of hydrogen-bond donors (Lipinski definition) is 2. The summed E-state index contributed by atoms with van der Waals surface area (Å²) in [5.41, 5.74) is 0. The monoisotopic (exact) mass is 262 g/mol. The Morgan fingerprint density at radius 2 is 1.94 bits per heavy atom. The molecule has 8 heteroatoms. The lowest BCUT2D eigenvalue weighted by molar-refractivity contribution is 0.0572. The number of sulfonamides is 1. The van der Waals surface area contributed by atoms with Crippen LogP contribution in [0.3, 0.4) is 0 Å². The van der Waals surface area contributed by atoms with Crippen LogP contribution in [0.5, 0.6) is 0 Å².